The van der Waals surface area contributed by atoms with Crippen molar-refractivity contribution in [2.45, 2.75) is 6.92 Å². The van der Waals surface area contributed by atoms with E-state index in [2.05, 4.69) is 15.3 Å². The van der Waals surface area contributed by atoms with Crippen LogP contribution < -0.4 is 14.8 Å². The first-order valence-electron chi connectivity index (χ1n) is 6.08. The number of halogens is 1. The van der Waals surface area contributed by atoms with E-state index in [1.807, 2.05) is 6.92 Å². The van der Waals surface area contributed by atoms with Gasteiger partial charge < -0.3 is 9.47 Å². The van der Waals surface area contributed by atoms with Crippen LogP contribution in [0.15, 0.2) is 24.3 Å². The highest BCUT2D eigenvalue weighted by Gasteiger charge is 2.12. The molecule has 1 amide bonds. The average Bonchev–Trinajstić information content (AvgIpc) is 2.46. The number of amides is 1. The molecule has 0 aliphatic rings. The van der Waals surface area contributed by atoms with Gasteiger partial charge in [-0.05, 0) is 24.6 Å². The Bertz CT molecular complexity index is 677. The lowest BCUT2D eigenvalue weighted by Crippen LogP contribution is -2.14. The maximum atomic E-state index is 12.2. The van der Waals surface area contributed by atoms with Crippen molar-refractivity contribution in [1.82, 2.24) is 9.97 Å². The summed E-state index contributed by atoms with van der Waals surface area (Å²) in [5.74, 6) is 0.612. The van der Waals surface area contributed by atoms with Crippen LogP contribution in [0.2, 0.25) is 5.15 Å². The summed E-state index contributed by atoms with van der Waals surface area (Å²) in [6.07, 6.45) is 0. The van der Waals surface area contributed by atoms with E-state index in [1.165, 1.54) is 13.2 Å². The van der Waals surface area contributed by atoms with E-state index < -0.39 is 0 Å². The van der Waals surface area contributed by atoms with Crippen molar-refractivity contribution in [3.63, 3.8) is 0 Å². The van der Waals surface area contributed by atoms with Crippen LogP contribution in [-0.2, 0) is 0 Å². The van der Waals surface area contributed by atoms with Crippen LogP contribution in [0.3, 0.4) is 0 Å². The number of aromatic nitrogens is 2. The molecule has 0 bridgehead atoms. The molecule has 2 aromatic rings. The molecule has 1 N–H and O–H groups in total. The summed E-state index contributed by atoms with van der Waals surface area (Å²) in [7, 11) is 3.00. The number of aryl methyl sites for hydroxylation is 1. The number of rotatable bonds is 4. The van der Waals surface area contributed by atoms with Crippen LogP contribution in [0.5, 0.6) is 11.6 Å². The maximum Gasteiger partial charge on any atom is 0.258 e. The van der Waals surface area contributed by atoms with Crippen LogP contribution in [0.1, 0.15) is 15.9 Å². The number of methoxy groups -OCH3 is 2. The first-order chi connectivity index (χ1) is 10.0. The van der Waals surface area contributed by atoms with E-state index >= 15 is 0 Å². The van der Waals surface area contributed by atoms with Gasteiger partial charge in [-0.1, -0.05) is 17.7 Å². The van der Waals surface area contributed by atoms with Gasteiger partial charge in [-0.2, -0.15) is 4.98 Å². The third-order valence-electron chi connectivity index (χ3n) is 2.78. The molecule has 6 nitrogen and oxygen atoms in total. The molecule has 0 aliphatic carbocycles. The molecule has 1 heterocycles. The topological polar surface area (TPSA) is 73.3 Å². The van der Waals surface area contributed by atoms with Crippen LogP contribution in [-0.4, -0.2) is 30.1 Å². The number of nitrogens with one attached hydrogen (secondary N) is 1. The molecule has 1 aromatic carbocycles. The molecular weight excluding hydrogens is 294 g/mol. The van der Waals surface area contributed by atoms with Crippen LogP contribution in [0.25, 0.3) is 0 Å². The molecule has 0 saturated carbocycles. The Balaban J connectivity index is 2.23. The average molecular weight is 308 g/mol. The van der Waals surface area contributed by atoms with Crippen LogP contribution >= 0.6 is 11.6 Å². The summed E-state index contributed by atoms with van der Waals surface area (Å²) in [4.78, 5) is 20.1. The van der Waals surface area contributed by atoms with Crippen LogP contribution in [0.4, 0.5) is 5.95 Å². The number of ether oxygens (including phenoxy) is 2. The molecule has 7 heteroatoms. The van der Waals surface area contributed by atoms with Gasteiger partial charge in [0.05, 0.1) is 14.2 Å². The molecule has 21 heavy (non-hydrogen) atoms. The predicted molar refractivity (Wildman–Crippen MR) is 79.3 cm³/mol. The zero-order valence-electron chi connectivity index (χ0n) is 11.8. The van der Waals surface area contributed by atoms with E-state index in [0.717, 1.165) is 5.56 Å². The Morgan fingerprint density at radius 2 is 1.95 bits per heavy atom. The molecule has 2 rings (SSSR count). The largest absolute Gasteiger partial charge is 0.496 e. The fraction of sp³-hybridized carbons (Fsp3) is 0.214. The number of hydrogen-bond donors (Lipinski definition) is 1. The number of nitrogens with zero attached hydrogens (tertiary/aromatic N) is 2. The maximum absolute atomic E-state index is 12.2. The monoisotopic (exact) mass is 307 g/mol. The highest BCUT2D eigenvalue weighted by molar-refractivity contribution is 6.29. The summed E-state index contributed by atoms with van der Waals surface area (Å²) in [6, 6.07) is 6.58. The SMILES string of the molecule is COc1cc(Cl)nc(NC(=O)c2ccc(C)c(OC)c2)n1. The van der Waals surface area contributed by atoms with Crippen molar-refractivity contribution in [1.29, 1.82) is 0 Å². The molecule has 110 valence electrons. The Hall–Kier alpha value is -2.34. The van der Waals surface area contributed by atoms with Gasteiger partial charge >= 0.3 is 0 Å². The van der Waals surface area contributed by atoms with Gasteiger partial charge in [0.15, 0.2) is 0 Å². The van der Waals surface area contributed by atoms with Gasteiger partial charge in [0.25, 0.3) is 5.91 Å². The van der Waals surface area contributed by atoms with E-state index in [4.69, 9.17) is 21.1 Å². The zero-order chi connectivity index (χ0) is 15.4. The third kappa shape index (κ3) is 3.61. The minimum atomic E-state index is -0.363. The number of carbonyl (C=O) groups is 1. The summed E-state index contributed by atoms with van der Waals surface area (Å²) < 4.78 is 10.2. The van der Waals surface area contributed by atoms with E-state index in [1.54, 1.807) is 25.3 Å². The van der Waals surface area contributed by atoms with Crippen molar-refractivity contribution in [3.8, 4) is 11.6 Å². The number of benzene rings is 1. The Kier molecular flexibility index (Phi) is 4.59. The van der Waals surface area contributed by atoms with Gasteiger partial charge in [0, 0.05) is 11.6 Å². The molecule has 0 unspecified atom stereocenters. The third-order valence-corrected chi connectivity index (χ3v) is 2.97. The molecule has 0 fully saturated rings. The fourth-order valence-electron chi connectivity index (χ4n) is 1.69. The zero-order valence-corrected chi connectivity index (χ0v) is 12.6. The Morgan fingerprint density at radius 1 is 1.19 bits per heavy atom. The lowest BCUT2D eigenvalue weighted by molar-refractivity contribution is 0.102. The normalized spacial score (nSPS) is 10.1. The highest BCUT2D eigenvalue weighted by atomic mass is 35.5. The molecule has 0 saturated heterocycles. The van der Waals surface area contributed by atoms with Gasteiger partial charge in [0.2, 0.25) is 11.8 Å². The summed E-state index contributed by atoms with van der Waals surface area (Å²) in [6.45, 7) is 1.89. The number of carbonyl (C=O) groups excluding carboxylic acids is 1. The van der Waals surface area contributed by atoms with Crippen molar-refractivity contribution in [2.75, 3.05) is 19.5 Å². The summed E-state index contributed by atoms with van der Waals surface area (Å²) in [5.41, 5.74) is 1.37. The molecule has 0 radical (unpaired) electrons. The molecule has 0 spiro atoms. The number of anilines is 1. The van der Waals surface area contributed by atoms with Gasteiger partial charge in [-0.15, -0.1) is 0 Å². The van der Waals surface area contributed by atoms with Crippen molar-refractivity contribution < 1.29 is 14.3 Å². The lowest BCUT2D eigenvalue weighted by atomic mass is 10.1. The van der Waals surface area contributed by atoms with Crippen molar-refractivity contribution in [2.24, 2.45) is 0 Å². The van der Waals surface area contributed by atoms with E-state index in [-0.39, 0.29) is 22.9 Å². The summed E-state index contributed by atoms with van der Waals surface area (Å²) >= 11 is 5.82. The molecule has 1 aromatic heterocycles. The van der Waals surface area contributed by atoms with Gasteiger partial charge in [0.1, 0.15) is 10.9 Å². The Labute approximate surface area is 127 Å². The second kappa shape index (κ2) is 6.41. The summed E-state index contributed by atoms with van der Waals surface area (Å²) in [5, 5.41) is 2.74. The molecule has 0 atom stereocenters. The van der Waals surface area contributed by atoms with Crippen molar-refractivity contribution >= 4 is 23.5 Å². The second-order valence-corrected chi connectivity index (χ2v) is 4.58. The quantitative estimate of drug-likeness (QED) is 0.879. The predicted octanol–water partition coefficient (Wildman–Crippen LogP) is 2.71. The highest BCUT2D eigenvalue weighted by Crippen LogP contribution is 2.20. The second-order valence-electron chi connectivity index (χ2n) is 4.20. The first kappa shape index (κ1) is 15.1. The lowest BCUT2D eigenvalue weighted by Gasteiger charge is -2.08. The molecule has 0 aliphatic heterocycles. The van der Waals surface area contributed by atoms with E-state index in [9.17, 15) is 4.79 Å². The Morgan fingerprint density at radius 3 is 2.62 bits per heavy atom. The fourth-order valence-corrected chi connectivity index (χ4v) is 1.87. The first-order valence-corrected chi connectivity index (χ1v) is 6.46. The standard InChI is InChI=1S/C14H14ClN3O3/c1-8-4-5-9(6-10(8)20-2)13(19)18-14-16-11(15)7-12(17-14)21-3/h4-7H,1-3H3,(H,16,17,18,19). The molecular formula is C14H14ClN3O3. The van der Waals surface area contributed by atoms with Crippen molar-refractivity contribution in [3.05, 3.63) is 40.5 Å². The van der Waals surface area contributed by atoms with Gasteiger partial charge in [-0.3, -0.25) is 10.1 Å². The van der Waals surface area contributed by atoms with E-state index in [0.29, 0.717) is 11.3 Å². The number of hydrogen-bond acceptors (Lipinski definition) is 5. The minimum absolute atomic E-state index is 0.0730. The minimum Gasteiger partial charge on any atom is -0.496 e. The van der Waals surface area contributed by atoms with Gasteiger partial charge in [-0.25, -0.2) is 4.98 Å². The van der Waals surface area contributed by atoms with Crippen LogP contribution in [0, 0.1) is 6.92 Å². The smallest absolute Gasteiger partial charge is 0.258 e.